The highest BCUT2D eigenvalue weighted by Crippen LogP contribution is 2.29. The smallest absolute Gasteiger partial charge is 0.319 e. The summed E-state index contributed by atoms with van der Waals surface area (Å²) in [5.74, 6) is -1.23. The fourth-order valence-electron chi connectivity index (χ4n) is 2.53. The number of amides is 3. The highest BCUT2D eigenvalue weighted by Gasteiger charge is 2.29. The van der Waals surface area contributed by atoms with Gasteiger partial charge in [-0.05, 0) is 75.0 Å². The first-order chi connectivity index (χ1) is 11.9. The molecule has 0 spiro atoms. The number of hydrogen-bond donors (Lipinski definition) is 3. The molecular formula is C17H13I2N3O3. The summed E-state index contributed by atoms with van der Waals surface area (Å²) < 4.78 is 1.98. The largest absolute Gasteiger partial charge is 0.331 e. The molecule has 3 amide bonds. The fraction of sp³-hybridized carbons (Fsp3) is 0.118. The lowest BCUT2D eigenvalue weighted by molar-refractivity contribution is -0.134. The van der Waals surface area contributed by atoms with Crippen LogP contribution in [0.4, 0.5) is 16.2 Å². The van der Waals surface area contributed by atoms with Crippen LogP contribution < -0.4 is 16.0 Å². The van der Waals surface area contributed by atoms with E-state index in [1.54, 1.807) is 24.3 Å². The normalized spacial score (nSPS) is 16.5. The SMILES string of the molecule is O=C(Nc1ccc(I)cc1I)NC1CC(=O)C(=O)Nc2ccccc21. The van der Waals surface area contributed by atoms with Crippen LogP contribution in [0.1, 0.15) is 18.0 Å². The molecule has 0 saturated heterocycles. The first-order valence-electron chi connectivity index (χ1n) is 7.39. The van der Waals surface area contributed by atoms with Crippen LogP contribution in [-0.2, 0) is 9.59 Å². The number of urea groups is 1. The van der Waals surface area contributed by atoms with E-state index in [0.717, 1.165) is 7.14 Å². The van der Waals surface area contributed by atoms with Gasteiger partial charge in [0.1, 0.15) is 0 Å². The summed E-state index contributed by atoms with van der Waals surface area (Å²) in [5.41, 5.74) is 1.92. The number of rotatable bonds is 2. The average molecular weight is 561 g/mol. The Morgan fingerprint density at radius 1 is 1.12 bits per heavy atom. The minimum Gasteiger partial charge on any atom is -0.331 e. The molecule has 128 valence electrons. The lowest BCUT2D eigenvalue weighted by atomic mass is 10.0. The van der Waals surface area contributed by atoms with Crippen LogP contribution in [0.5, 0.6) is 0 Å². The maximum Gasteiger partial charge on any atom is 0.319 e. The Labute approximate surface area is 171 Å². The summed E-state index contributed by atoms with van der Waals surface area (Å²) >= 11 is 4.35. The van der Waals surface area contributed by atoms with Crippen molar-refractivity contribution in [3.05, 3.63) is 55.2 Å². The second-order valence-electron chi connectivity index (χ2n) is 5.44. The third-order valence-corrected chi connectivity index (χ3v) is 5.28. The number of carbonyl (C=O) groups excluding carboxylic acids is 3. The highest BCUT2D eigenvalue weighted by molar-refractivity contribution is 14.1. The molecule has 1 aliphatic heterocycles. The van der Waals surface area contributed by atoms with Crippen molar-refractivity contribution < 1.29 is 14.4 Å². The number of nitrogens with one attached hydrogen (secondary N) is 3. The molecule has 1 aliphatic rings. The molecule has 0 radical (unpaired) electrons. The molecule has 2 aromatic carbocycles. The molecule has 2 aromatic rings. The molecule has 3 N–H and O–H groups in total. The van der Waals surface area contributed by atoms with E-state index < -0.39 is 23.8 Å². The Morgan fingerprint density at radius 2 is 1.88 bits per heavy atom. The van der Waals surface area contributed by atoms with Crippen molar-refractivity contribution in [3.63, 3.8) is 0 Å². The number of halogens is 2. The summed E-state index contributed by atoms with van der Waals surface area (Å²) in [5, 5.41) is 8.15. The number of para-hydroxylation sites is 1. The van der Waals surface area contributed by atoms with Gasteiger partial charge in [0.25, 0.3) is 5.91 Å². The number of carbonyl (C=O) groups is 3. The van der Waals surface area contributed by atoms with Gasteiger partial charge in [0.2, 0.25) is 5.78 Å². The predicted octanol–water partition coefficient (Wildman–Crippen LogP) is 3.67. The molecule has 0 aliphatic carbocycles. The van der Waals surface area contributed by atoms with Gasteiger partial charge in [0.05, 0.1) is 11.7 Å². The van der Waals surface area contributed by atoms with Crippen LogP contribution in [-0.4, -0.2) is 17.7 Å². The number of hydrogen-bond acceptors (Lipinski definition) is 3. The summed E-state index contributed by atoms with van der Waals surface area (Å²) in [4.78, 5) is 36.1. The van der Waals surface area contributed by atoms with Crippen molar-refractivity contribution in [2.45, 2.75) is 12.5 Å². The molecule has 1 unspecified atom stereocenters. The summed E-state index contributed by atoms with van der Waals surface area (Å²) in [6, 6.07) is 11.7. The van der Waals surface area contributed by atoms with Gasteiger partial charge in [0.15, 0.2) is 0 Å². The average Bonchev–Trinajstić information content (AvgIpc) is 2.68. The number of Topliss-reactive ketones (excluding diaryl/α,β-unsaturated/α-hetero) is 1. The van der Waals surface area contributed by atoms with E-state index in [2.05, 4.69) is 61.1 Å². The molecule has 0 bridgehead atoms. The number of anilines is 2. The standard InChI is InChI=1S/C17H13I2N3O3/c18-9-5-6-13(11(19)7-9)21-17(25)22-14-8-15(23)16(24)20-12-4-2-1-3-10(12)14/h1-7,14H,8H2,(H,20,24)(H2,21,22,25). The minimum atomic E-state index is -0.663. The lowest BCUT2D eigenvalue weighted by Gasteiger charge is -2.19. The zero-order chi connectivity index (χ0) is 18.0. The quantitative estimate of drug-likeness (QED) is 0.387. The van der Waals surface area contributed by atoms with Crippen molar-refractivity contribution in [2.24, 2.45) is 0 Å². The van der Waals surface area contributed by atoms with E-state index in [-0.39, 0.29) is 6.42 Å². The third kappa shape index (κ3) is 4.29. The Morgan fingerprint density at radius 3 is 2.64 bits per heavy atom. The zero-order valence-electron chi connectivity index (χ0n) is 12.8. The van der Waals surface area contributed by atoms with Crippen LogP contribution >= 0.6 is 45.2 Å². The zero-order valence-corrected chi connectivity index (χ0v) is 17.1. The Balaban J connectivity index is 1.80. The summed E-state index contributed by atoms with van der Waals surface area (Å²) in [6.07, 6.45) is -0.0833. The molecule has 0 saturated carbocycles. The first kappa shape index (κ1) is 18.1. The Bertz CT molecular complexity index is 870. The van der Waals surface area contributed by atoms with Gasteiger partial charge in [-0.2, -0.15) is 0 Å². The monoisotopic (exact) mass is 561 g/mol. The minimum absolute atomic E-state index is 0.0833. The highest BCUT2D eigenvalue weighted by atomic mass is 127. The Kier molecular flexibility index (Phi) is 5.57. The van der Waals surface area contributed by atoms with Crippen LogP contribution in [0.2, 0.25) is 0 Å². The van der Waals surface area contributed by atoms with Gasteiger partial charge in [0, 0.05) is 19.2 Å². The second kappa shape index (κ2) is 7.68. The van der Waals surface area contributed by atoms with Crippen molar-refractivity contribution in [2.75, 3.05) is 10.6 Å². The lowest BCUT2D eigenvalue weighted by Crippen LogP contribution is -2.34. The Hall–Kier alpha value is -1.69. The number of benzene rings is 2. The van der Waals surface area contributed by atoms with Gasteiger partial charge in [-0.15, -0.1) is 0 Å². The third-order valence-electron chi connectivity index (χ3n) is 3.71. The molecular weight excluding hydrogens is 548 g/mol. The molecule has 25 heavy (non-hydrogen) atoms. The summed E-state index contributed by atoms with van der Waals surface area (Å²) in [6.45, 7) is 0. The van der Waals surface area contributed by atoms with E-state index >= 15 is 0 Å². The maximum absolute atomic E-state index is 12.4. The molecule has 1 atom stereocenters. The van der Waals surface area contributed by atoms with Crippen molar-refractivity contribution >= 4 is 74.3 Å². The van der Waals surface area contributed by atoms with Gasteiger partial charge >= 0.3 is 6.03 Å². The fourth-order valence-corrected chi connectivity index (χ4v) is 4.27. The predicted molar refractivity (Wildman–Crippen MR) is 111 cm³/mol. The van der Waals surface area contributed by atoms with Gasteiger partial charge in [-0.25, -0.2) is 4.79 Å². The van der Waals surface area contributed by atoms with E-state index in [1.807, 2.05) is 18.2 Å². The van der Waals surface area contributed by atoms with Crippen LogP contribution in [0, 0.1) is 7.14 Å². The van der Waals surface area contributed by atoms with Crippen LogP contribution in [0.15, 0.2) is 42.5 Å². The van der Waals surface area contributed by atoms with Gasteiger partial charge < -0.3 is 16.0 Å². The molecule has 6 nitrogen and oxygen atoms in total. The van der Waals surface area contributed by atoms with Crippen molar-refractivity contribution in [3.8, 4) is 0 Å². The number of ketones is 1. The molecule has 1 heterocycles. The van der Waals surface area contributed by atoms with Crippen molar-refractivity contribution in [1.29, 1.82) is 0 Å². The van der Waals surface area contributed by atoms with Crippen LogP contribution in [0.25, 0.3) is 0 Å². The van der Waals surface area contributed by atoms with Crippen molar-refractivity contribution in [1.82, 2.24) is 5.32 Å². The molecule has 0 aromatic heterocycles. The topological polar surface area (TPSA) is 87.3 Å². The van der Waals surface area contributed by atoms with E-state index in [9.17, 15) is 14.4 Å². The van der Waals surface area contributed by atoms with Gasteiger partial charge in [-0.1, -0.05) is 18.2 Å². The van der Waals surface area contributed by atoms with Gasteiger partial charge in [-0.3, -0.25) is 9.59 Å². The molecule has 0 fully saturated rings. The van der Waals surface area contributed by atoms with E-state index in [1.165, 1.54) is 0 Å². The number of fused-ring (bicyclic) bond motifs is 1. The maximum atomic E-state index is 12.4. The molecule has 8 heteroatoms. The van der Waals surface area contributed by atoms with E-state index in [4.69, 9.17) is 0 Å². The second-order valence-corrected chi connectivity index (χ2v) is 7.85. The van der Waals surface area contributed by atoms with Crippen LogP contribution in [0.3, 0.4) is 0 Å². The molecule has 3 rings (SSSR count). The summed E-state index contributed by atoms with van der Waals surface area (Å²) in [7, 11) is 0. The first-order valence-corrected chi connectivity index (χ1v) is 9.55. The van der Waals surface area contributed by atoms with E-state index in [0.29, 0.717) is 16.9 Å².